The Balaban J connectivity index is 2.20. The molecule has 2 N–H and O–H groups in total. The molecule has 0 radical (unpaired) electrons. The Bertz CT molecular complexity index is 401. The van der Waals surface area contributed by atoms with Crippen molar-refractivity contribution in [1.29, 1.82) is 0 Å². The molecule has 0 bridgehead atoms. The molecule has 0 aliphatic heterocycles. The topological polar surface area (TPSA) is 29.3 Å². The molecule has 2 rings (SSSR count). The van der Waals surface area contributed by atoms with Crippen LogP contribution in [0.1, 0.15) is 44.7 Å². The highest BCUT2D eigenvalue weighted by Crippen LogP contribution is 2.34. The van der Waals surface area contributed by atoms with Crippen molar-refractivity contribution in [3.8, 4) is 0 Å². The second kappa shape index (κ2) is 6.87. The molecule has 1 aliphatic rings. The maximum atomic E-state index is 6.29. The van der Waals surface area contributed by atoms with Crippen LogP contribution in [0.4, 0.5) is 0 Å². The highest BCUT2D eigenvalue weighted by atomic mass is 79.9. The van der Waals surface area contributed by atoms with Crippen molar-refractivity contribution < 1.29 is 0 Å². The summed E-state index contributed by atoms with van der Waals surface area (Å²) in [5.41, 5.74) is 7.62. The number of nitrogens with zero attached hydrogens (tertiary/aromatic N) is 1. The molecule has 0 amide bonds. The van der Waals surface area contributed by atoms with Crippen LogP contribution in [0.2, 0.25) is 0 Å². The lowest BCUT2D eigenvalue weighted by Gasteiger charge is -2.34. The van der Waals surface area contributed by atoms with E-state index in [1.807, 2.05) is 0 Å². The average molecular weight is 325 g/mol. The van der Waals surface area contributed by atoms with Crippen LogP contribution < -0.4 is 5.73 Å². The van der Waals surface area contributed by atoms with Crippen LogP contribution in [-0.4, -0.2) is 24.0 Å². The second-order valence-corrected chi connectivity index (χ2v) is 6.71. The molecule has 0 spiro atoms. The third kappa shape index (κ3) is 4.30. The Morgan fingerprint density at radius 1 is 1.42 bits per heavy atom. The second-order valence-electron chi connectivity index (χ2n) is 5.80. The first-order valence-corrected chi connectivity index (χ1v) is 8.16. The van der Waals surface area contributed by atoms with E-state index in [2.05, 4.69) is 58.9 Å². The lowest BCUT2D eigenvalue weighted by molar-refractivity contribution is 0.169. The van der Waals surface area contributed by atoms with E-state index in [0.717, 1.165) is 16.9 Å². The van der Waals surface area contributed by atoms with Gasteiger partial charge in [-0.25, -0.2) is 0 Å². The quantitative estimate of drug-likeness (QED) is 0.822. The molecule has 1 aliphatic carbocycles. The first-order chi connectivity index (χ1) is 9.11. The fraction of sp³-hybridized carbons (Fsp3) is 0.625. The van der Waals surface area contributed by atoms with Gasteiger partial charge in [0.05, 0.1) is 0 Å². The largest absolute Gasteiger partial charge is 0.326 e. The summed E-state index contributed by atoms with van der Waals surface area (Å²) in [6, 6.07) is 9.08. The molecule has 1 aromatic carbocycles. The minimum atomic E-state index is 0.152. The van der Waals surface area contributed by atoms with Crippen molar-refractivity contribution in [3.05, 3.63) is 34.3 Å². The van der Waals surface area contributed by atoms with Crippen LogP contribution in [-0.2, 0) is 0 Å². The summed E-state index contributed by atoms with van der Waals surface area (Å²) < 4.78 is 1.14. The smallest absolute Gasteiger partial charge is 0.0496 e. The fourth-order valence-corrected chi connectivity index (χ4v) is 3.22. The van der Waals surface area contributed by atoms with Gasteiger partial charge in [-0.3, -0.25) is 4.90 Å². The first kappa shape index (κ1) is 15.0. The summed E-state index contributed by atoms with van der Waals surface area (Å²) in [6.07, 6.45) is 3.97. The Morgan fingerprint density at radius 3 is 2.68 bits per heavy atom. The van der Waals surface area contributed by atoms with Gasteiger partial charge in [-0.15, -0.1) is 0 Å². The third-order valence-corrected chi connectivity index (χ3v) is 4.28. The molecule has 106 valence electrons. The molecule has 2 nitrogen and oxygen atoms in total. The zero-order valence-electron chi connectivity index (χ0n) is 12.0. The van der Waals surface area contributed by atoms with Gasteiger partial charge in [-0.05, 0) is 56.3 Å². The highest BCUT2D eigenvalue weighted by molar-refractivity contribution is 9.10. The molecule has 0 aromatic heterocycles. The maximum absolute atomic E-state index is 6.29. The zero-order chi connectivity index (χ0) is 13.8. The molecular weight excluding hydrogens is 300 g/mol. The number of benzene rings is 1. The normalized spacial score (nSPS) is 18.6. The molecule has 2 atom stereocenters. The number of nitrogens with two attached hydrogens (primary N) is 1. The van der Waals surface area contributed by atoms with Crippen LogP contribution in [0, 0.1) is 5.92 Å². The Kier molecular flexibility index (Phi) is 5.43. The number of rotatable bonds is 7. The van der Waals surface area contributed by atoms with Gasteiger partial charge in [-0.1, -0.05) is 35.0 Å². The summed E-state index contributed by atoms with van der Waals surface area (Å²) in [4.78, 5) is 2.59. The van der Waals surface area contributed by atoms with Crippen molar-refractivity contribution >= 4 is 15.9 Å². The standard InChI is InChI=1S/C16H25BrN2/c1-3-9-19(11-13-7-8-13)16(12(2)18)14-5-4-6-15(17)10-14/h4-6,10,12-13,16H,3,7-9,11,18H2,1-2H3. The summed E-state index contributed by atoms with van der Waals surface area (Å²) in [6.45, 7) is 6.71. The lowest BCUT2D eigenvalue weighted by Crippen LogP contribution is -2.41. The van der Waals surface area contributed by atoms with Gasteiger partial charge in [0.2, 0.25) is 0 Å². The molecule has 2 unspecified atom stereocenters. The molecule has 0 heterocycles. The van der Waals surface area contributed by atoms with E-state index >= 15 is 0 Å². The van der Waals surface area contributed by atoms with E-state index in [9.17, 15) is 0 Å². The SMILES string of the molecule is CCCN(CC1CC1)C(c1cccc(Br)c1)C(C)N. The fourth-order valence-electron chi connectivity index (χ4n) is 2.80. The minimum absolute atomic E-state index is 0.152. The predicted octanol–water partition coefficient (Wildman–Crippen LogP) is 3.96. The van der Waals surface area contributed by atoms with Gasteiger partial charge in [0.15, 0.2) is 0 Å². The molecule has 1 fully saturated rings. The van der Waals surface area contributed by atoms with Crippen molar-refractivity contribution in [1.82, 2.24) is 4.90 Å². The Hall–Kier alpha value is -0.380. The molecule has 1 aromatic rings. The zero-order valence-corrected chi connectivity index (χ0v) is 13.6. The van der Waals surface area contributed by atoms with E-state index in [4.69, 9.17) is 5.73 Å². The average Bonchev–Trinajstić information content (AvgIpc) is 3.13. The highest BCUT2D eigenvalue weighted by Gasteiger charge is 2.30. The van der Waals surface area contributed by atoms with Gasteiger partial charge in [-0.2, -0.15) is 0 Å². The molecule has 0 saturated heterocycles. The maximum Gasteiger partial charge on any atom is 0.0496 e. The van der Waals surface area contributed by atoms with Crippen LogP contribution >= 0.6 is 15.9 Å². The first-order valence-electron chi connectivity index (χ1n) is 7.37. The Morgan fingerprint density at radius 2 is 2.16 bits per heavy atom. The number of hydrogen-bond donors (Lipinski definition) is 1. The summed E-state index contributed by atoms with van der Waals surface area (Å²) >= 11 is 3.57. The van der Waals surface area contributed by atoms with Crippen LogP contribution in [0.15, 0.2) is 28.7 Å². The van der Waals surface area contributed by atoms with Gasteiger partial charge in [0.25, 0.3) is 0 Å². The number of halogens is 1. The van der Waals surface area contributed by atoms with E-state index in [1.165, 1.54) is 31.4 Å². The van der Waals surface area contributed by atoms with Gasteiger partial charge < -0.3 is 5.73 Å². The molecular formula is C16H25BrN2. The monoisotopic (exact) mass is 324 g/mol. The van der Waals surface area contributed by atoms with Crippen molar-refractivity contribution in [2.75, 3.05) is 13.1 Å². The molecule has 1 saturated carbocycles. The summed E-state index contributed by atoms with van der Waals surface area (Å²) in [5, 5.41) is 0. The van der Waals surface area contributed by atoms with E-state index in [1.54, 1.807) is 0 Å². The predicted molar refractivity (Wildman–Crippen MR) is 85.1 cm³/mol. The third-order valence-electron chi connectivity index (χ3n) is 3.78. The Labute approximate surface area is 125 Å². The van der Waals surface area contributed by atoms with E-state index < -0.39 is 0 Å². The molecule has 19 heavy (non-hydrogen) atoms. The van der Waals surface area contributed by atoms with Crippen LogP contribution in [0.25, 0.3) is 0 Å². The van der Waals surface area contributed by atoms with Crippen molar-refractivity contribution in [3.63, 3.8) is 0 Å². The summed E-state index contributed by atoms with van der Waals surface area (Å²) in [5.74, 6) is 0.903. The van der Waals surface area contributed by atoms with E-state index in [0.29, 0.717) is 6.04 Å². The van der Waals surface area contributed by atoms with Crippen LogP contribution in [0.5, 0.6) is 0 Å². The minimum Gasteiger partial charge on any atom is -0.326 e. The van der Waals surface area contributed by atoms with Gasteiger partial charge in [0.1, 0.15) is 0 Å². The van der Waals surface area contributed by atoms with Crippen molar-refractivity contribution in [2.45, 2.75) is 45.2 Å². The lowest BCUT2D eigenvalue weighted by atomic mass is 9.98. The van der Waals surface area contributed by atoms with Gasteiger partial charge >= 0.3 is 0 Å². The number of hydrogen-bond acceptors (Lipinski definition) is 2. The molecule has 3 heteroatoms. The van der Waals surface area contributed by atoms with Crippen molar-refractivity contribution in [2.24, 2.45) is 11.7 Å². The van der Waals surface area contributed by atoms with E-state index in [-0.39, 0.29) is 6.04 Å². The van der Waals surface area contributed by atoms with Gasteiger partial charge in [0, 0.05) is 23.1 Å². The summed E-state index contributed by atoms with van der Waals surface area (Å²) in [7, 11) is 0. The van der Waals surface area contributed by atoms with Crippen LogP contribution in [0.3, 0.4) is 0 Å².